The van der Waals surface area contributed by atoms with E-state index in [-0.39, 0.29) is 0 Å². The third kappa shape index (κ3) is 2.37. The van der Waals surface area contributed by atoms with Crippen LogP contribution in [-0.2, 0) is 0 Å². The minimum atomic E-state index is 0.621. The van der Waals surface area contributed by atoms with Crippen molar-refractivity contribution in [2.24, 2.45) is 0 Å². The van der Waals surface area contributed by atoms with Crippen LogP contribution in [-0.4, -0.2) is 9.55 Å². The summed E-state index contributed by atoms with van der Waals surface area (Å²) in [7, 11) is 0. The molecule has 3 aromatic rings. The summed E-state index contributed by atoms with van der Waals surface area (Å²) in [6.45, 7) is 2.00. The van der Waals surface area contributed by atoms with Crippen LogP contribution in [0.3, 0.4) is 0 Å². The normalized spacial score (nSPS) is 10.3. The van der Waals surface area contributed by atoms with E-state index in [2.05, 4.69) is 11.1 Å². The van der Waals surface area contributed by atoms with Crippen molar-refractivity contribution in [1.82, 2.24) is 9.55 Å². The van der Waals surface area contributed by atoms with Crippen LogP contribution < -0.4 is 5.73 Å². The first kappa shape index (κ1) is 12.9. The number of imidazole rings is 1. The van der Waals surface area contributed by atoms with Gasteiger partial charge in [-0.3, -0.25) is 4.57 Å². The Labute approximate surface area is 123 Å². The molecule has 4 heteroatoms. The highest BCUT2D eigenvalue weighted by molar-refractivity contribution is 5.63. The standard InChI is InChI=1S/C17H14N4/c1-12-2-3-14(11-18)16(10-12)21-9-8-20-17(21)13-4-6-15(19)7-5-13/h2-10H,19H2,1H3. The van der Waals surface area contributed by atoms with Gasteiger partial charge in [-0.2, -0.15) is 5.26 Å². The molecule has 0 bridgehead atoms. The summed E-state index contributed by atoms with van der Waals surface area (Å²) >= 11 is 0. The summed E-state index contributed by atoms with van der Waals surface area (Å²) < 4.78 is 1.93. The number of aryl methyl sites for hydroxylation is 1. The minimum Gasteiger partial charge on any atom is -0.399 e. The van der Waals surface area contributed by atoms with Gasteiger partial charge in [0.15, 0.2) is 0 Å². The second-order valence-corrected chi connectivity index (χ2v) is 4.88. The molecular weight excluding hydrogens is 260 g/mol. The Hall–Kier alpha value is -3.06. The second-order valence-electron chi connectivity index (χ2n) is 4.88. The first-order valence-electron chi connectivity index (χ1n) is 6.59. The Kier molecular flexibility index (Phi) is 3.17. The van der Waals surface area contributed by atoms with Gasteiger partial charge in [0.1, 0.15) is 11.9 Å². The summed E-state index contributed by atoms with van der Waals surface area (Å²) in [6, 6.07) is 15.5. The van der Waals surface area contributed by atoms with E-state index < -0.39 is 0 Å². The van der Waals surface area contributed by atoms with Crippen LogP contribution >= 0.6 is 0 Å². The van der Waals surface area contributed by atoms with Crippen molar-refractivity contribution in [1.29, 1.82) is 5.26 Å². The summed E-state index contributed by atoms with van der Waals surface area (Å²) in [5.74, 6) is 0.789. The van der Waals surface area contributed by atoms with E-state index in [0.717, 1.165) is 22.6 Å². The molecule has 3 rings (SSSR count). The molecule has 0 amide bonds. The van der Waals surface area contributed by atoms with E-state index in [0.29, 0.717) is 11.3 Å². The maximum Gasteiger partial charge on any atom is 0.144 e. The average molecular weight is 274 g/mol. The Bertz CT molecular complexity index is 823. The van der Waals surface area contributed by atoms with E-state index in [4.69, 9.17) is 5.73 Å². The summed E-state index contributed by atoms with van der Waals surface area (Å²) in [4.78, 5) is 4.41. The zero-order valence-corrected chi connectivity index (χ0v) is 11.6. The van der Waals surface area contributed by atoms with Crippen LogP contribution in [0.25, 0.3) is 17.1 Å². The summed E-state index contributed by atoms with van der Waals surface area (Å²) in [5.41, 5.74) is 9.95. The lowest BCUT2D eigenvalue weighted by molar-refractivity contribution is 1.06. The van der Waals surface area contributed by atoms with Crippen LogP contribution in [0.1, 0.15) is 11.1 Å². The van der Waals surface area contributed by atoms with Crippen LogP contribution in [0.2, 0.25) is 0 Å². The SMILES string of the molecule is Cc1ccc(C#N)c(-n2ccnc2-c2ccc(N)cc2)c1. The maximum atomic E-state index is 9.31. The number of rotatable bonds is 2. The number of hydrogen-bond acceptors (Lipinski definition) is 3. The molecule has 4 nitrogen and oxygen atoms in total. The number of aromatic nitrogens is 2. The number of hydrogen-bond donors (Lipinski definition) is 1. The third-order valence-corrected chi connectivity index (χ3v) is 3.34. The Morgan fingerprint density at radius 1 is 1.14 bits per heavy atom. The van der Waals surface area contributed by atoms with E-state index in [1.54, 1.807) is 6.20 Å². The fourth-order valence-electron chi connectivity index (χ4n) is 2.28. The number of nitrogens with zero attached hydrogens (tertiary/aromatic N) is 3. The van der Waals surface area contributed by atoms with Crippen LogP contribution in [0, 0.1) is 18.3 Å². The minimum absolute atomic E-state index is 0.621. The topological polar surface area (TPSA) is 67.6 Å². The average Bonchev–Trinajstić information content (AvgIpc) is 2.97. The van der Waals surface area contributed by atoms with Crippen molar-refractivity contribution >= 4 is 5.69 Å². The molecule has 0 spiro atoms. The largest absolute Gasteiger partial charge is 0.399 e. The molecule has 21 heavy (non-hydrogen) atoms. The molecule has 0 saturated carbocycles. The molecule has 0 aliphatic carbocycles. The van der Waals surface area contributed by atoms with Gasteiger partial charge < -0.3 is 5.73 Å². The second kappa shape index (κ2) is 5.14. The summed E-state index contributed by atoms with van der Waals surface area (Å²) in [6.07, 6.45) is 3.59. The van der Waals surface area contributed by atoms with Gasteiger partial charge in [-0.15, -0.1) is 0 Å². The molecule has 2 aromatic carbocycles. The number of anilines is 1. The fraction of sp³-hybridized carbons (Fsp3) is 0.0588. The molecule has 1 aromatic heterocycles. The third-order valence-electron chi connectivity index (χ3n) is 3.34. The molecule has 102 valence electrons. The van der Waals surface area contributed by atoms with Gasteiger partial charge in [-0.25, -0.2) is 4.98 Å². The van der Waals surface area contributed by atoms with Crippen molar-refractivity contribution < 1.29 is 0 Å². The summed E-state index contributed by atoms with van der Waals surface area (Å²) in [5, 5.41) is 9.31. The van der Waals surface area contributed by atoms with Crippen molar-refractivity contribution in [3.05, 3.63) is 66.0 Å². The lowest BCUT2D eigenvalue weighted by atomic mass is 10.1. The van der Waals surface area contributed by atoms with Crippen LogP contribution in [0.4, 0.5) is 5.69 Å². The Balaban J connectivity index is 2.18. The molecule has 0 radical (unpaired) electrons. The first-order valence-corrected chi connectivity index (χ1v) is 6.59. The Morgan fingerprint density at radius 2 is 1.90 bits per heavy atom. The zero-order chi connectivity index (χ0) is 14.8. The molecule has 0 aliphatic heterocycles. The van der Waals surface area contributed by atoms with Gasteiger partial charge in [0, 0.05) is 23.6 Å². The highest BCUT2D eigenvalue weighted by Crippen LogP contribution is 2.24. The predicted octanol–water partition coefficient (Wildman–Crippen LogP) is 3.30. The molecular formula is C17H14N4. The quantitative estimate of drug-likeness (QED) is 0.729. The van der Waals surface area contributed by atoms with E-state index in [1.807, 2.05) is 60.2 Å². The van der Waals surface area contributed by atoms with Gasteiger partial charge >= 0.3 is 0 Å². The molecule has 1 heterocycles. The number of nitriles is 1. The van der Waals surface area contributed by atoms with Crippen LogP contribution in [0.5, 0.6) is 0 Å². The molecule has 2 N–H and O–H groups in total. The molecule has 0 saturated heterocycles. The molecule has 0 aliphatic rings. The maximum absolute atomic E-state index is 9.31. The van der Waals surface area contributed by atoms with Crippen LogP contribution in [0.15, 0.2) is 54.9 Å². The lowest BCUT2D eigenvalue weighted by Gasteiger charge is -2.11. The smallest absolute Gasteiger partial charge is 0.144 e. The highest BCUT2D eigenvalue weighted by Gasteiger charge is 2.11. The Morgan fingerprint density at radius 3 is 2.62 bits per heavy atom. The van der Waals surface area contributed by atoms with Crippen molar-refractivity contribution in [3.8, 4) is 23.1 Å². The van der Waals surface area contributed by atoms with E-state index >= 15 is 0 Å². The van der Waals surface area contributed by atoms with Gasteiger partial charge in [-0.05, 0) is 48.9 Å². The predicted molar refractivity (Wildman–Crippen MR) is 82.9 cm³/mol. The van der Waals surface area contributed by atoms with Gasteiger partial charge in [0.2, 0.25) is 0 Å². The van der Waals surface area contributed by atoms with Gasteiger partial charge in [0.05, 0.1) is 11.3 Å². The monoisotopic (exact) mass is 274 g/mol. The molecule has 0 unspecified atom stereocenters. The lowest BCUT2D eigenvalue weighted by Crippen LogP contribution is -2.00. The first-order chi connectivity index (χ1) is 10.2. The van der Waals surface area contributed by atoms with Crippen molar-refractivity contribution in [2.45, 2.75) is 6.92 Å². The van der Waals surface area contributed by atoms with Crippen molar-refractivity contribution in [2.75, 3.05) is 5.73 Å². The number of nitrogen functional groups attached to an aromatic ring is 1. The molecule has 0 fully saturated rings. The van der Waals surface area contributed by atoms with Gasteiger partial charge in [-0.1, -0.05) is 6.07 Å². The number of nitrogens with two attached hydrogens (primary N) is 1. The van der Waals surface area contributed by atoms with E-state index in [1.165, 1.54) is 0 Å². The number of benzene rings is 2. The van der Waals surface area contributed by atoms with Gasteiger partial charge in [0.25, 0.3) is 0 Å². The zero-order valence-electron chi connectivity index (χ0n) is 11.6. The fourth-order valence-corrected chi connectivity index (χ4v) is 2.28. The van der Waals surface area contributed by atoms with E-state index in [9.17, 15) is 5.26 Å². The molecule has 0 atom stereocenters. The highest BCUT2D eigenvalue weighted by atomic mass is 15.1. The van der Waals surface area contributed by atoms with Crippen molar-refractivity contribution in [3.63, 3.8) is 0 Å².